The molecule has 5 heteroatoms. The van der Waals surface area contributed by atoms with Gasteiger partial charge in [-0.05, 0) is 12.8 Å². The summed E-state index contributed by atoms with van der Waals surface area (Å²) in [6, 6.07) is 0. The summed E-state index contributed by atoms with van der Waals surface area (Å²) in [5.41, 5.74) is 0. The molecule has 13 heavy (non-hydrogen) atoms. The van der Waals surface area contributed by atoms with Crippen LogP contribution in [0.3, 0.4) is 0 Å². The van der Waals surface area contributed by atoms with Crippen LogP contribution >= 0.6 is 0 Å². The zero-order valence-corrected chi connectivity index (χ0v) is 7.36. The summed E-state index contributed by atoms with van der Waals surface area (Å²) in [5.74, 6) is 7.21. The molecular weight excluding hydrogens is 172 g/mol. The van der Waals surface area contributed by atoms with Crippen LogP contribution < -0.4 is 11.7 Å². The van der Waals surface area contributed by atoms with E-state index in [1.54, 1.807) is 0 Å². The lowest BCUT2D eigenvalue weighted by molar-refractivity contribution is -0.153. The van der Waals surface area contributed by atoms with E-state index >= 15 is 0 Å². The molecule has 2 aliphatic rings. The normalized spacial score (nSPS) is 31.5. The van der Waals surface area contributed by atoms with Gasteiger partial charge in [0.2, 0.25) is 0 Å². The average molecular weight is 186 g/mol. The first-order valence-electron chi connectivity index (χ1n) is 4.38. The van der Waals surface area contributed by atoms with Crippen LogP contribution in [0.25, 0.3) is 0 Å². The Hall–Kier alpha value is -0.940. The third kappa shape index (κ3) is 1.87. The Bertz CT molecular complexity index is 195. The summed E-state index contributed by atoms with van der Waals surface area (Å²) < 4.78 is 4.53. The number of hydrazine groups is 1. The number of fused-ring (bicyclic) bond motifs is 1. The fourth-order valence-electron chi connectivity index (χ4n) is 1.95. The first kappa shape index (κ1) is 10.1. The number of cyclic esters (lactones) is 2. The number of hydrogen-bond acceptors (Lipinski definition) is 5. The standard InChI is InChI=1S/C8H10O3.H4N2/c9-7-5-3-1-2-4-6(5)8(10)11-7;1-2/h5-6H,1-4H2;1-2H2. The van der Waals surface area contributed by atoms with Gasteiger partial charge in [-0.2, -0.15) is 0 Å². The van der Waals surface area contributed by atoms with Gasteiger partial charge < -0.3 is 4.74 Å². The Balaban J connectivity index is 0.000000396. The van der Waals surface area contributed by atoms with Crippen molar-refractivity contribution in [2.45, 2.75) is 25.7 Å². The lowest BCUT2D eigenvalue weighted by atomic mass is 9.81. The molecule has 1 saturated heterocycles. The van der Waals surface area contributed by atoms with Crippen LogP contribution in [0, 0.1) is 11.8 Å². The molecule has 5 nitrogen and oxygen atoms in total. The summed E-state index contributed by atoms with van der Waals surface area (Å²) in [5, 5.41) is 0. The van der Waals surface area contributed by atoms with Crippen LogP contribution in [0.4, 0.5) is 0 Å². The predicted octanol–water partition coefficient (Wildman–Crippen LogP) is -0.305. The average Bonchev–Trinajstić information content (AvgIpc) is 2.47. The smallest absolute Gasteiger partial charge is 0.317 e. The SMILES string of the molecule is NN.O=C1OC(=O)C2CCCCC12. The lowest BCUT2D eigenvalue weighted by Crippen LogP contribution is -2.21. The number of esters is 2. The van der Waals surface area contributed by atoms with E-state index in [4.69, 9.17) is 0 Å². The van der Waals surface area contributed by atoms with Gasteiger partial charge in [0.05, 0.1) is 11.8 Å². The van der Waals surface area contributed by atoms with E-state index < -0.39 is 0 Å². The van der Waals surface area contributed by atoms with Crippen molar-refractivity contribution in [2.75, 3.05) is 0 Å². The number of carbonyl (C=O) groups excluding carboxylic acids is 2. The van der Waals surface area contributed by atoms with Gasteiger partial charge in [-0.25, -0.2) is 0 Å². The number of rotatable bonds is 0. The maximum atomic E-state index is 11.0. The van der Waals surface area contributed by atoms with Crippen molar-refractivity contribution in [2.24, 2.45) is 23.5 Å². The van der Waals surface area contributed by atoms with Gasteiger partial charge in [-0.1, -0.05) is 12.8 Å². The molecule has 1 aliphatic carbocycles. The quantitative estimate of drug-likeness (QED) is 0.234. The Morgan fingerprint density at radius 3 is 1.77 bits per heavy atom. The maximum Gasteiger partial charge on any atom is 0.317 e. The lowest BCUT2D eigenvalue weighted by Gasteiger charge is -2.18. The molecule has 0 aromatic rings. The van der Waals surface area contributed by atoms with Crippen LogP contribution in [0.2, 0.25) is 0 Å². The summed E-state index contributed by atoms with van der Waals surface area (Å²) in [6.45, 7) is 0. The summed E-state index contributed by atoms with van der Waals surface area (Å²) in [4.78, 5) is 22.0. The highest BCUT2D eigenvalue weighted by Crippen LogP contribution is 2.36. The Morgan fingerprint density at radius 2 is 1.38 bits per heavy atom. The van der Waals surface area contributed by atoms with Crippen molar-refractivity contribution < 1.29 is 14.3 Å². The molecule has 0 spiro atoms. The van der Waals surface area contributed by atoms with Crippen molar-refractivity contribution in [3.63, 3.8) is 0 Å². The van der Waals surface area contributed by atoms with E-state index in [1.807, 2.05) is 0 Å². The van der Waals surface area contributed by atoms with Gasteiger partial charge in [0.1, 0.15) is 0 Å². The number of hydrogen-bond donors (Lipinski definition) is 2. The van der Waals surface area contributed by atoms with Crippen molar-refractivity contribution in [1.29, 1.82) is 0 Å². The third-order valence-electron chi connectivity index (χ3n) is 2.57. The summed E-state index contributed by atoms with van der Waals surface area (Å²) in [7, 11) is 0. The predicted molar refractivity (Wildman–Crippen MR) is 44.9 cm³/mol. The van der Waals surface area contributed by atoms with Gasteiger partial charge >= 0.3 is 11.9 Å². The molecule has 0 amide bonds. The van der Waals surface area contributed by atoms with Crippen LogP contribution in [-0.2, 0) is 14.3 Å². The topological polar surface area (TPSA) is 95.4 Å². The Morgan fingerprint density at radius 1 is 1.00 bits per heavy atom. The van der Waals surface area contributed by atoms with Crippen molar-refractivity contribution in [3.05, 3.63) is 0 Å². The summed E-state index contributed by atoms with van der Waals surface area (Å²) in [6.07, 6.45) is 3.80. The molecule has 4 N–H and O–H groups in total. The third-order valence-corrected chi connectivity index (χ3v) is 2.57. The highest BCUT2D eigenvalue weighted by Gasteiger charge is 2.44. The monoisotopic (exact) mass is 186 g/mol. The Labute approximate surface area is 76.4 Å². The molecule has 0 bridgehead atoms. The second-order valence-corrected chi connectivity index (χ2v) is 3.24. The van der Waals surface area contributed by atoms with E-state index in [2.05, 4.69) is 16.4 Å². The van der Waals surface area contributed by atoms with Crippen molar-refractivity contribution in [3.8, 4) is 0 Å². The van der Waals surface area contributed by atoms with Gasteiger partial charge in [0.15, 0.2) is 0 Å². The number of carbonyl (C=O) groups is 2. The van der Waals surface area contributed by atoms with E-state index in [-0.39, 0.29) is 23.8 Å². The molecule has 2 fully saturated rings. The molecule has 0 aromatic carbocycles. The molecule has 1 saturated carbocycles. The number of nitrogens with two attached hydrogens (primary N) is 2. The van der Waals surface area contributed by atoms with Gasteiger partial charge in [0.25, 0.3) is 0 Å². The molecule has 0 radical (unpaired) electrons. The fraction of sp³-hybridized carbons (Fsp3) is 0.750. The minimum absolute atomic E-state index is 0.101. The molecule has 74 valence electrons. The Kier molecular flexibility index (Phi) is 3.39. The van der Waals surface area contributed by atoms with Gasteiger partial charge in [-0.15, -0.1) is 0 Å². The molecule has 0 aromatic heterocycles. The molecular formula is C8H14N2O3. The van der Waals surface area contributed by atoms with Crippen molar-refractivity contribution >= 4 is 11.9 Å². The highest BCUT2D eigenvalue weighted by molar-refractivity contribution is 5.96. The van der Waals surface area contributed by atoms with Gasteiger partial charge in [0, 0.05) is 0 Å². The second-order valence-electron chi connectivity index (χ2n) is 3.24. The first-order valence-corrected chi connectivity index (χ1v) is 4.38. The zero-order chi connectivity index (χ0) is 9.84. The number of ether oxygens (including phenoxy) is 1. The van der Waals surface area contributed by atoms with Crippen molar-refractivity contribution in [1.82, 2.24) is 0 Å². The van der Waals surface area contributed by atoms with Crippen LogP contribution in [0.1, 0.15) is 25.7 Å². The van der Waals surface area contributed by atoms with Crippen LogP contribution in [-0.4, -0.2) is 11.9 Å². The van der Waals surface area contributed by atoms with E-state index in [0.29, 0.717) is 0 Å². The largest absolute Gasteiger partial charge is 0.393 e. The van der Waals surface area contributed by atoms with Crippen LogP contribution in [0.15, 0.2) is 0 Å². The zero-order valence-electron chi connectivity index (χ0n) is 7.36. The molecule has 1 aliphatic heterocycles. The highest BCUT2D eigenvalue weighted by atomic mass is 16.6. The van der Waals surface area contributed by atoms with E-state index in [0.717, 1.165) is 25.7 Å². The van der Waals surface area contributed by atoms with Crippen LogP contribution in [0.5, 0.6) is 0 Å². The molecule has 2 unspecified atom stereocenters. The molecule has 2 atom stereocenters. The minimum Gasteiger partial charge on any atom is -0.393 e. The summed E-state index contributed by atoms with van der Waals surface area (Å²) >= 11 is 0. The van der Waals surface area contributed by atoms with Gasteiger partial charge in [-0.3, -0.25) is 21.3 Å². The maximum absolute atomic E-state index is 11.0. The fourth-order valence-corrected chi connectivity index (χ4v) is 1.95. The second kappa shape index (κ2) is 4.34. The minimum atomic E-state index is -0.292. The van der Waals surface area contributed by atoms with E-state index in [9.17, 15) is 9.59 Å². The van der Waals surface area contributed by atoms with E-state index in [1.165, 1.54) is 0 Å². The molecule has 2 rings (SSSR count). The first-order chi connectivity index (χ1) is 6.29. The molecule has 1 heterocycles.